The maximum absolute atomic E-state index is 13.5. The second-order valence-corrected chi connectivity index (χ2v) is 16.9. The number of phenolic OH excluding ortho intramolecular Hbond substituents is 1. The van der Waals surface area contributed by atoms with Crippen LogP contribution in [0.4, 0.5) is 0 Å². The topological polar surface area (TPSA) is 122 Å². The van der Waals surface area contributed by atoms with E-state index in [-0.39, 0.29) is 36.5 Å². The van der Waals surface area contributed by atoms with Crippen molar-refractivity contribution in [2.24, 2.45) is 17.6 Å². The third-order valence-corrected chi connectivity index (χ3v) is 12.2. The number of carbonyl (C=O) groups excluding carboxylic acids is 1. The molecule has 4 aromatic rings. The van der Waals surface area contributed by atoms with Gasteiger partial charge in [-0.25, -0.2) is 0 Å². The summed E-state index contributed by atoms with van der Waals surface area (Å²) in [6.45, 7) is 9.06. The minimum atomic E-state index is -0.544. The summed E-state index contributed by atoms with van der Waals surface area (Å²) < 4.78 is 15.3. The molecule has 3 aromatic carbocycles. The summed E-state index contributed by atoms with van der Waals surface area (Å²) in [6.07, 6.45) is 15.9. The molecule has 4 bridgehead atoms. The Labute approximate surface area is 338 Å². The number of hydrogen-bond acceptors (Lipinski definition) is 7. The van der Waals surface area contributed by atoms with Crippen molar-refractivity contribution < 1.29 is 24.5 Å². The molecule has 3 aliphatic heterocycles. The van der Waals surface area contributed by atoms with Gasteiger partial charge in [-0.15, -0.1) is 0 Å². The van der Waals surface area contributed by atoms with Crippen molar-refractivity contribution in [3.8, 4) is 11.5 Å². The first-order chi connectivity index (χ1) is 27.6. The molecule has 1 saturated heterocycles. The lowest BCUT2D eigenvalue weighted by Gasteiger charge is -2.32. The van der Waals surface area contributed by atoms with Crippen LogP contribution in [0.2, 0.25) is 0 Å². The van der Waals surface area contributed by atoms with E-state index in [9.17, 15) is 15.0 Å². The predicted octanol–water partition coefficient (Wildman–Crippen LogP) is 8.62. The smallest absolute Gasteiger partial charge is 0.223 e. The van der Waals surface area contributed by atoms with E-state index in [0.717, 1.165) is 83.2 Å². The minimum Gasteiger partial charge on any atom is -0.504 e. The van der Waals surface area contributed by atoms with Gasteiger partial charge in [0.2, 0.25) is 5.91 Å². The second kappa shape index (κ2) is 18.8. The van der Waals surface area contributed by atoms with Gasteiger partial charge in [0.1, 0.15) is 12.4 Å². The highest BCUT2D eigenvalue weighted by Crippen LogP contribution is 2.36. The highest BCUT2D eigenvalue weighted by atomic mass is 16.5. The van der Waals surface area contributed by atoms with Crippen molar-refractivity contribution >= 4 is 22.5 Å². The van der Waals surface area contributed by atoms with Gasteiger partial charge >= 0.3 is 0 Å². The number of dihydropyridines is 1. The van der Waals surface area contributed by atoms with Crippen LogP contribution in [0.3, 0.4) is 0 Å². The van der Waals surface area contributed by atoms with Crippen LogP contribution >= 0.6 is 0 Å². The van der Waals surface area contributed by atoms with Gasteiger partial charge in [-0.3, -0.25) is 4.79 Å². The first-order valence-corrected chi connectivity index (χ1v) is 21.3. The fourth-order valence-corrected chi connectivity index (χ4v) is 8.50. The van der Waals surface area contributed by atoms with Gasteiger partial charge < -0.3 is 40.2 Å². The van der Waals surface area contributed by atoms with Gasteiger partial charge in [0.05, 0.1) is 25.0 Å². The molecule has 0 spiro atoms. The Kier molecular flexibility index (Phi) is 13.4. The molecule has 57 heavy (non-hydrogen) atoms. The Morgan fingerprint density at radius 1 is 1.00 bits per heavy atom. The SMILES string of the molecule is CC[C@H](CCC(C)C)CC[C@H]1C[C@H](O)CCc2ccc(O)c(c2)OCc2cc([C@H](CC(=O)N3CCC3)c3ccccc3)cc3cn(cc23)C2=C(C=CC(N)N2)CO1. The van der Waals surface area contributed by atoms with Crippen molar-refractivity contribution in [1.29, 1.82) is 0 Å². The second-order valence-electron chi connectivity index (χ2n) is 16.9. The third kappa shape index (κ3) is 10.3. The summed E-state index contributed by atoms with van der Waals surface area (Å²) in [4.78, 5) is 15.5. The van der Waals surface area contributed by atoms with Crippen molar-refractivity contribution in [3.05, 3.63) is 113 Å². The van der Waals surface area contributed by atoms with Gasteiger partial charge in [-0.1, -0.05) is 88.6 Å². The molecule has 1 amide bonds. The zero-order chi connectivity index (χ0) is 39.9. The molecular weight excluding hydrogens is 713 g/mol. The van der Waals surface area contributed by atoms with E-state index in [2.05, 4.69) is 73.4 Å². The van der Waals surface area contributed by atoms with Crippen LogP contribution in [0.25, 0.3) is 16.6 Å². The van der Waals surface area contributed by atoms with Crippen LogP contribution in [-0.2, 0) is 22.6 Å². The summed E-state index contributed by atoms with van der Waals surface area (Å²) in [7, 11) is 0. The number of aromatic nitrogens is 1. The lowest BCUT2D eigenvalue weighted by Crippen LogP contribution is -2.42. The van der Waals surface area contributed by atoms with Gasteiger partial charge in [0, 0.05) is 54.2 Å². The summed E-state index contributed by atoms with van der Waals surface area (Å²) >= 11 is 0. The number of amides is 1. The summed E-state index contributed by atoms with van der Waals surface area (Å²) in [6, 6.07) is 20.1. The third-order valence-electron chi connectivity index (χ3n) is 12.2. The number of fused-ring (bicyclic) bond motifs is 4. The average Bonchev–Trinajstić information content (AvgIpc) is 3.62. The minimum absolute atomic E-state index is 0.0689. The van der Waals surface area contributed by atoms with Gasteiger partial charge in [0.25, 0.3) is 0 Å². The fraction of sp³-hybridized carbons (Fsp3) is 0.479. The Morgan fingerprint density at radius 2 is 1.82 bits per heavy atom. The van der Waals surface area contributed by atoms with E-state index in [1.165, 1.54) is 12.8 Å². The van der Waals surface area contributed by atoms with E-state index in [1.807, 2.05) is 41.3 Å². The van der Waals surface area contributed by atoms with E-state index in [0.29, 0.717) is 49.9 Å². The quantitative estimate of drug-likeness (QED) is 0.120. The molecule has 4 heterocycles. The van der Waals surface area contributed by atoms with E-state index in [4.69, 9.17) is 15.2 Å². The Morgan fingerprint density at radius 3 is 2.58 bits per heavy atom. The number of aliphatic hydroxyl groups excluding tert-OH is 1. The molecule has 5 atom stereocenters. The molecule has 304 valence electrons. The molecule has 7 rings (SSSR count). The number of aliphatic hydroxyl groups is 1. The monoisotopic (exact) mass is 774 g/mol. The molecule has 0 aliphatic carbocycles. The van der Waals surface area contributed by atoms with Crippen LogP contribution in [0.15, 0.2) is 90.8 Å². The Hall–Kier alpha value is -4.57. The number of rotatable bonds is 11. The maximum Gasteiger partial charge on any atom is 0.223 e. The van der Waals surface area contributed by atoms with Crippen LogP contribution in [0.5, 0.6) is 11.5 Å². The molecule has 1 unspecified atom stereocenters. The van der Waals surface area contributed by atoms with Gasteiger partial charge in [0.15, 0.2) is 11.5 Å². The molecule has 9 heteroatoms. The number of carbonyl (C=O) groups is 1. The summed E-state index contributed by atoms with van der Waals surface area (Å²) in [5, 5.41) is 27.9. The number of aromatic hydroxyl groups is 1. The van der Waals surface area contributed by atoms with Crippen molar-refractivity contribution in [2.75, 3.05) is 19.7 Å². The molecular formula is C48H62N4O5. The first kappa shape index (κ1) is 40.6. The number of aryl methyl sites for hydroxylation is 1. The van der Waals surface area contributed by atoms with Crippen LogP contribution in [-0.4, -0.2) is 63.7 Å². The lowest BCUT2D eigenvalue weighted by atomic mass is 9.86. The van der Waals surface area contributed by atoms with E-state index >= 15 is 0 Å². The van der Waals surface area contributed by atoms with Crippen molar-refractivity contribution in [2.45, 2.75) is 116 Å². The Bertz CT molecular complexity index is 2030. The number of hydrogen-bond donors (Lipinski definition) is 4. The number of nitrogens with one attached hydrogen (secondary N) is 1. The fourth-order valence-electron chi connectivity index (χ4n) is 8.50. The number of benzene rings is 3. The van der Waals surface area contributed by atoms with E-state index < -0.39 is 6.10 Å². The van der Waals surface area contributed by atoms with Crippen LogP contribution in [0, 0.1) is 11.8 Å². The molecule has 1 aromatic heterocycles. The molecule has 1 fully saturated rings. The number of phenols is 1. The standard InChI is InChI=1S/C48H62N4O5/c1-4-33(12-11-32(2)3)14-18-41-26-40(53)17-13-34-15-19-44(54)45(23-34)57-31-39-25-37(42(35-9-6-5-7-10-35)27-47(55)51-21-8-22-51)24-38-28-52(29-43(38)39)48-36(30-56-41)16-20-46(49)50-48/h5-7,9-10,15-16,19-20,23-25,28-29,32-33,40-42,46,50,53-54H,4,8,11-14,17-18,21-22,26-27,30-31,49H2,1-3H3/t33-,40-,41+,42-,46?/m1/s1. The highest BCUT2D eigenvalue weighted by Gasteiger charge is 2.27. The number of nitrogens with zero attached hydrogens (tertiary/aromatic N) is 2. The van der Waals surface area contributed by atoms with E-state index in [1.54, 1.807) is 6.07 Å². The number of nitrogens with two attached hydrogens (primary N) is 1. The van der Waals surface area contributed by atoms with Crippen molar-refractivity contribution in [1.82, 2.24) is 14.8 Å². The summed E-state index contributed by atoms with van der Waals surface area (Å²) in [5.74, 6) is 2.63. The molecule has 5 N–H and O–H groups in total. The Balaban J connectivity index is 1.28. The summed E-state index contributed by atoms with van der Waals surface area (Å²) in [5.41, 5.74) is 11.5. The van der Waals surface area contributed by atoms with Gasteiger partial charge in [-0.05, 0) is 96.9 Å². The zero-order valence-corrected chi connectivity index (χ0v) is 34.0. The highest BCUT2D eigenvalue weighted by molar-refractivity contribution is 5.88. The molecule has 9 nitrogen and oxygen atoms in total. The normalized spacial score (nSPS) is 21.3. The largest absolute Gasteiger partial charge is 0.504 e. The maximum atomic E-state index is 13.5. The van der Waals surface area contributed by atoms with Crippen molar-refractivity contribution in [3.63, 3.8) is 0 Å². The van der Waals surface area contributed by atoms with Gasteiger partial charge in [-0.2, -0.15) is 0 Å². The predicted molar refractivity (Wildman–Crippen MR) is 228 cm³/mol. The first-order valence-electron chi connectivity index (χ1n) is 21.3. The zero-order valence-electron chi connectivity index (χ0n) is 34.0. The molecule has 3 aliphatic rings. The number of likely N-dealkylation sites (tertiary alicyclic amines) is 1. The lowest BCUT2D eigenvalue weighted by molar-refractivity contribution is -0.134. The van der Waals surface area contributed by atoms with Crippen LogP contribution in [0.1, 0.15) is 107 Å². The molecule has 0 saturated carbocycles. The average molecular weight is 775 g/mol. The number of ether oxygens (including phenoxy) is 2. The van der Waals surface area contributed by atoms with Crippen LogP contribution < -0.4 is 15.8 Å². The molecule has 0 radical (unpaired) electrons.